The number of anilines is 1. The number of aromatic amines is 1. The maximum atomic E-state index is 12.6. The minimum absolute atomic E-state index is 0.383. The summed E-state index contributed by atoms with van der Waals surface area (Å²) in [5.74, 6) is 0.651. The molecule has 20 heavy (non-hydrogen) atoms. The minimum atomic E-state index is -4.36. The molecule has 0 aromatic carbocycles. The quantitative estimate of drug-likeness (QED) is 0.776. The predicted molar refractivity (Wildman–Crippen MR) is 66.1 cm³/mol. The van der Waals surface area contributed by atoms with Gasteiger partial charge in [0.1, 0.15) is 11.5 Å². The highest BCUT2D eigenvalue weighted by atomic mass is 19.4. The van der Waals surface area contributed by atoms with Gasteiger partial charge in [0.15, 0.2) is 0 Å². The number of aromatic nitrogens is 4. The van der Waals surface area contributed by atoms with E-state index in [0.717, 1.165) is 12.3 Å². The van der Waals surface area contributed by atoms with Gasteiger partial charge >= 0.3 is 6.18 Å². The fourth-order valence-electron chi connectivity index (χ4n) is 1.84. The van der Waals surface area contributed by atoms with E-state index in [1.807, 2.05) is 0 Å². The van der Waals surface area contributed by atoms with Crippen molar-refractivity contribution in [3.63, 3.8) is 0 Å². The number of hydrogen-bond acceptors (Lipinski definition) is 3. The number of halogens is 3. The molecule has 104 valence electrons. The Balaban J connectivity index is 1.83. The van der Waals surface area contributed by atoms with E-state index in [1.165, 1.54) is 10.5 Å². The summed E-state index contributed by atoms with van der Waals surface area (Å²) < 4.78 is 39.2. The van der Waals surface area contributed by atoms with E-state index in [-0.39, 0.29) is 0 Å². The van der Waals surface area contributed by atoms with Crippen molar-refractivity contribution in [2.75, 3.05) is 5.32 Å². The molecule has 0 radical (unpaired) electrons. The first-order valence-corrected chi connectivity index (χ1v) is 5.81. The zero-order valence-electron chi connectivity index (χ0n) is 10.1. The van der Waals surface area contributed by atoms with E-state index in [0.29, 0.717) is 23.7 Å². The van der Waals surface area contributed by atoms with Crippen LogP contribution in [0.5, 0.6) is 0 Å². The Labute approximate surface area is 111 Å². The SMILES string of the molecule is FC(F)(F)c1ccc2nc(CNc3cc[nH]n3)cn2c1. The molecule has 0 saturated heterocycles. The molecule has 3 aromatic heterocycles. The smallest absolute Gasteiger partial charge is 0.363 e. The molecule has 3 heterocycles. The lowest BCUT2D eigenvalue weighted by molar-refractivity contribution is -0.137. The van der Waals surface area contributed by atoms with Crippen molar-refractivity contribution in [2.45, 2.75) is 12.7 Å². The average molecular weight is 281 g/mol. The van der Waals surface area contributed by atoms with E-state index in [4.69, 9.17) is 0 Å². The summed E-state index contributed by atoms with van der Waals surface area (Å²) in [6, 6.07) is 4.12. The second kappa shape index (κ2) is 4.55. The molecule has 0 aliphatic carbocycles. The number of rotatable bonds is 3. The van der Waals surface area contributed by atoms with Gasteiger partial charge in [-0.15, -0.1) is 0 Å². The van der Waals surface area contributed by atoms with Gasteiger partial charge in [-0.25, -0.2) is 4.98 Å². The van der Waals surface area contributed by atoms with Crippen molar-refractivity contribution >= 4 is 11.5 Å². The van der Waals surface area contributed by atoms with Crippen LogP contribution in [0.3, 0.4) is 0 Å². The van der Waals surface area contributed by atoms with Gasteiger partial charge in [0, 0.05) is 18.6 Å². The number of alkyl halides is 3. The van der Waals surface area contributed by atoms with Gasteiger partial charge < -0.3 is 9.72 Å². The molecule has 0 unspecified atom stereocenters. The first-order valence-electron chi connectivity index (χ1n) is 5.81. The number of fused-ring (bicyclic) bond motifs is 1. The Bertz CT molecular complexity index is 714. The largest absolute Gasteiger partial charge is 0.417 e. The first-order chi connectivity index (χ1) is 9.52. The van der Waals surface area contributed by atoms with Gasteiger partial charge in [-0.05, 0) is 18.2 Å². The van der Waals surface area contributed by atoms with Gasteiger partial charge in [-0.3, -0.25) is 5.10 Å². The summed E-state index contributed by atoms with van der Waals surface area (Å²) in [4.78, 5) is 4.23. The van der Waals surface area contributed by atoms with Gasteiger partial charge in [0.05, 0.1) is 17.8 Å². The number of imidazole rings is 1. The zero-order valence-corrected chi connectivity index (χ0v) is 10.1. The second-order valence-electron chi connectivity index (χ2n) is 4.23. The highest BCUT2D eigenvalue weighted by Crippen LogP contribution is 2.29. The average Bonchev–Trinajstić information content (AvgIpc) is 3.03. The summed E-state index contributed by atoms with van der Waals surface area (Å²) >= 11 is 0. The molecule has 0 aliphatic rings. The van der Waals surface area contributed by atoms with Crippen LogP contribution in [-0.2, 0) is 12.7 Å². The van der Waals surface area contributed by atoms with Crippen LogP contribution < -0.4 is 5.32 Å². The summed E-state index contributed by atoms with van der Waals surface area (Å²) in [5.41, 5.74) is 0.401. The van der Waals surface area contributed by atoms with Crippen molar-refractivity contribution in [2.24, 2.45) is 0 Å². The maximum Gasteiger partial charge on any atom is 0.417 e. The topological polar surface area (TPSA) is 58.0 Å². The lowest BCUT2D eigenvalue weighted by atomic mass is 10.3. The van der Waals surface area contributed by atoms with Gasteiger partial charge in [-0.2, -0.15) is 18.3 Å². The second-order valence-corrected chi connectivity index (χ2v) is 4.23. The molecule has 0 fully saturated rings. The molecule has 0 saturated carbocycles. The third-order valence-electron chi connectivity index (χ3n) is 2.78. The van der Waals surface area contributed by atoms with Gasteiger partial charge in [0.25, 0.3) is 0 Å². The van der Waals surface area contributed by atoms with Crippen LogP contribution in [0.2, 0.25) is 0 Å². The Morgan fingerprint density at radius 1 is 1.20 bits per heavy atom. The highest BCUT2D eigenvalue weighted by Gasteiger charge is 2.30. The van der Waals surface area contributed by atoms with Crippen molar-refractivity contribution in [3.05, 3.63) is 48.0 Å². The Hall–Kier alpha value is -2.51. The Morgan fingerprint density at radius 3 is 2.75 bits per heavy atom. The van der Waals surface area contributed by atoms with E-state index in [1.54, 1.807) is 18.5 Å². The van der Waals surface area contributed by atoms with Crippen molar-refractivity contribution < 1.29 is 13.2 Å². The van der Waals surface area contributed by atoms with Crippen LogP contribution in [0.4, 0.5) is 19.0 Å². The summed E-state index contributed by atoms with van der Waals surface area (Å²) in [6.07, 6.45) is -0.0991. The van der Waals surface area contributed by atoms with Crippen molar-refractivity contribution in [1.82, 2.24) is 19.6 Å². The molecule has 0 atom stereocenters. The molecule has 0 aliphatic heterocycles. The number of nitrogens with zero attached hydrogens (tertiary/aromatic N) is 3. The fraction of sp³-hybridized carbons (Fsp3) is 0.167. The molecule has 0 bridgehead atoms. The number of hydrogen-bond donors (Lipinski definition) is 2. The van der Waals surface area contributed by atoms with Crippen LogP contribution >= 0.6 is 0 Å². The third kappa shape index (κ3) is 2.44. The number of H-pyrrole nitrogens is 1. The number of pyridine rings is 1. The summed E-state index contributed by atoms with van der Waals surface area (Å²) in [6.45, 7) is 0.383. The highest BCUT2D eigenvalue weighted by molar-refractivity contribution is 5.43. The molecular weight excluding hydrogens is 271 g/mol. The predicted octanol–water partition coefficient (Wildman–Crippen LogP) is 2.69. The van der Waals surface area contributed by atoms with E-state index in [2.05, 4.69) is 20.5 Å². The number of nitrogens with one attached hydrogen (secondary N) is 2. The van der Waals surface area contributed by atoms with Gasteiger partial charge in [0.2, 0.25) is 0 Å². The van der Waals surface area contributed by atoms with Crippen molar-refractivity contribution in [3.8, 4) is 0 Å². The first kappa shape index (κ1) is 12.5. The van der Waals surface area contributed by atoms with E-state index in [9.17, 15) is 13.2 Å². The lowest BCUT2D eigenvalue weighted by Gasteiger charge is -2.05. The fourth-order valence-corrected chi connectivity index (χ4v) is 1.84. The molecular formula is C12H10F3N5. The molecule has 3 rings (SSSR count). The maximum absolute atomic E-state index is 12.6. The monoisotopic (exact) mass is 281 g/mol. The van der Waals surface area contributed by atoms with Crippen LogP contribution in [-0.4, -0.2) is 19.6 Å². The van der Waals surface area contributed by atoms with E-state index >= 15 is 0 Å². The normalized spacial score (nSPS) is 11.9. The minimum Gasteiger partial charge on any atom is -0.363 e. The molecule has 2 N–H and O–H groups in total. The molecule has 5 nitrogen and oxygen atoms in total. The van der Waals surface area contributed by atoms with Crippen molar-refractivity contribution in [1.29, 1.82) is 0 Å². The molecule has 3 aromatic rings. The Morgan fingerprint density at radius 2 is 2.05 bits per heavy atom. The summed E-state index contributed by atoms with van der Waals surface area (Å²) in [5, 5.41) is 9.57. The van der Waals surface area contributed by atoms with Crippen LogP contribution in [0, 0.1) is 0 Å². The van der Waals surface area contributed by atoms with Crippen LogP contribution in [0.1, 0.15) is 11.3 Å². The summed E-state index contributed by atoms with van der Waals surface area (Å²) in [7, 11) is 0. The van der Waals surface area contributed by atoms with E-state index < -0.39 is 11.7 Å². The molecule has 0 spiro atoms. The third-order valence-corrected chi connectivity index (χ3v) is 2.78. The Kier molecular flexibility index (Phi) is 2.85. The standard InChI is InChI=1S/C12H10F3N5/c13-12(14,15)8-1-2-11-18-9(7-20(11)6-8)5-16-10-3-4-17-19-10/h1-4,6-7H,5H2,(H2,16,17,19). The zero-order chi connectivity index (χ0) is 14.2. The van der Waals surface area contributed by atoms with Crippen LogP contribution in [0.15, 0.2) is 36.8 Å². The lowest BCUT2D eigenvalue weighted by Crippen LogP contribution is -2.05. The van der Waals surface area contributed by atoms with Gasteiger partial charge in [-0.1, -0.05) is 0 Å². The van der Waals surface area contributed by atoms with Crippen LogP contribution in [0.25, 0.3) is 5.65 Å². The molecule has 8 heteroatoms. The molecule has 0 amide bonds.